The molecule has 3 nitrogen and oxygen atoms in total. The number of anilines is 1. The van der Waals surface area contributed by atoms with Crippen molar-refractivity contribution in [1.29, 1.82) is 0 Å². The molecule has 1 saturated heterocycles. The monoisotopic (exact) mass is 246 g/mol. The lowest BCUT2D eigenvalue weighted by Gasteiger charge is -2.21. The van der Waals surface area contributed by atoms with Crippen molar-refractivity contribution < 1.29 is 4.79 Å². The average Bonchev–Trinajstić information content (AvgIpc) is 2.62. The molecular formula is C15H22N2O. The summed E-state index contributed by atoms with van der Waals surface area (Å²) < 4.78 is 0. The van der Waals surface area contributed by atoms with Crippen LogP contribution in [0.5, 0.6) is 0 Å². The maximum absolute atomic E-state index is 12.1. The first kappa shape index (κ1) is 12.9. The summed E-state index contributed by atoms with van der Waals surface area (Å²) in [6.45, 7) is 4.50. The first-order chi connectivity index (χ1) is 8.75. The number of nitrogens with zero attached hydrogens (tertiary/aromatic N) is 1. The molecular weight excluding hydrogens is 224 g/mol. The molecule has 1 N–H and O–H groups in total. The van der Waals surface area contributed by atoms with Crippen molar-refractivity contribution in [2.24, 2.45) is 5.92 Å². The maximum Gasteiger partial charge on any atom is 0.241 e. The Morgan fingerprint density at radius 1 is 1.28 bits per heavy atom. The van der Waals surface area contributed by atoms with Gasteiger partial charge < -0.3 is 10.2 Å². The molecule has 1 aliphatic rings. The molecule has 2 rings (SSSR count). The Morgan fingerprint density at radius 3 is 2.83 bits per heavy atom. The van der Waals surface area contributed by atoms with E-state index in [1.165, 1.54) is 6.42 Å². The van der Waals surface area contributed by atoms with Crippen molar-refractivity contribution in [1.82, 2.24) is 4.90 Å². The molecule has 0 saturated carbocycles. The normalized spacial score (nSPS) is 20.3. The fraction of sp³-hybridized carbons (Fsp3) is 0.533. The second kappa shape index (κ2) is 6.43. The van der Waals surface area contributed by atoms with Crippen LogP contribution in [0.25, 0.3) is 0 Å². The van der Waals surface area contributed by atoms with Crippen molar-refractivity contribution in [2.75, 3.05) is 25.0 Å². The van der Waals surface area contributed by atoms with Gasteiger partial charge in [0.05, 0.1) is 6.54 Å². The third-order valence-corrected chi connectivity index (χ3v) is 3.59. The Morgan fingerprint density at radius 2 is 2.06 bits per heavy atom. The van der Waals surface area contributed by atoms with Crippen LogP contribution in [0.15, 0.2) is 30.3 Å². The summed E-state index contributed by atoms with van der Waals surface area (Å²) >= 11 is 0. The summed E-state index contributed by atoms with van der Waals surface area (Å²) in [5.74, 6) is 0.970. The van der Waals surface area contributed by atoms with E-state index >= 15 is 0 Å². The highest BCUT2D eigenvalue weighted by Gasteiger charge is 2.17. The average molecular weight is 246 g/mol. The molecule has 0 aromatic heterocycles. The number of benzene rings is 1. The Balaban J connectivity index is 1.80. The number of rotatable bonds is 3. The van der Waals surface area contributed by atoms with Gasteiger partial charge in [0.25, 0.3) is 0 Å². The quantitative estimate of drug-likeness (QED) is 0.889. The van der Waals surface area contributed by atoms with Crippen molar-refractivity contribution in [3.63, 3.8) is 0 Å². The van der Waals surface area contributed by atoms with Gasteiger partial charge in [-0.05, 0) is 37.3 Å². The van der Waals surface area contributed by atoms with Crippen LogP contribution in [0.3, 0.4) is 0 Å². The summed E-state index contributed by atoms with van der Waals surface area (Å²) in [6, 6.07) is 9.89. The largest absolute Gasteiger partial charge is 0.376 e. The SMILES string of the molecule is CC1CCCN(C(=O)CNc2ccccc2)CC1. The Hall–Kier alpha value is -1.51. The van der Waals surface area contributed by atoms with Crippen LogP contribution < -0.4 is 5.32 Å². The molecule has 1 aromatic rings. The Bertz CT molecular complexity index is 377. The lowest BCUT2D eigenvalue weighted by molar-refractivity contribution is -0.129. The van der Waals surface area contributed by atoms with Gasteiger partial charge in [-0.1, -0.05) is 25.1 Å². The Kier molecular flexibility index (Phi) is 4.62. The number of carbonyl (C=O) groups excluding carboxylic acids is 1. The van der Waals surface area contributed by atoms with Crippen LogP contribution in [0.1, 0.15) is 26.2 Å². The van der Waals surface area contributed by atoms with Gasteiger partial charge in [-0.2, -0.15) is 0 Å². The number of carbonyl (C=O) groups is 1. The van der Waals surface area contributed by atoms with Crippen LogP contribution in [-0.2, 0) is 4.79 Å². The summed E-state index contributed by atoms with van der Waals surface area (Å²) in [5, 5.41) is 3.18. The minimum Gasteiger partial charge on any atom is -0.376 e. The topological polar surface area (TPSA) is 32.3 Å². The second-order valence-electron chi connectivity index (χ2n) is 5.14. The highest BCUT2D eigenvalue weighted by atomic mass is 16.2. The van der Waals surface area contributed by atoms with Crippen LogP contribution in [0.4, 0.5) is 5.69 Å². The fourth-order valence-corrected chi connectivity index (χ4v) is 2.36. The first-order valence-electron chi connectivity index (χ1n) is 6.82. The number of nitrogens with one attached hydrogen (secondary N) is 1. The number of hydrogen-bond donors (Lipinski definition) is 1. The van der Waals surface area contributed by atoms with Crippen LogP contribution in [0.2, 0.25) is 0 Å². The molecule has 3 heteroatoms. The molecule has 1 amide bonds. The third kappa shape index (κ3) is 3.76. The summed E-state index contributed by atoms with van der Waals surface area (Å²) in [4.78, 5) is 14.1. The predicted molar refractivity (Wildman–Crippen MR) is 74.5 cm³/mol. The van der Waals surface area contributed by atoms with Crippen molar-refractivity contribution >= 4 is 11.6 Å². The first-order valence-corrected chi connectivity index (χ1v) is 6.82. The van der Waals surface area contributed by atoms with E-state index in [2.05, 4.69) is 12.2 Å². The van der Waals surface area contributed by atoms with E-state index in [4.69, 9.17) is 0 Å². The summed E-state index contributed by atoms with van der Waals surface area (Å²) in [5.41, 5.74) is 1.01. The lowest BCUT2D eigenvalue weighted by Crippen LogP contribution is -2.36. The molecule has 18 heavy (non-hydrogen) atoms. The van der Waals surface area contributed by atoms with Crippen molar-refractivity contribution in [3.8, 4) is 0 Å². The van der Waals surface area contributed by atoms with Gasteiger partial charge in [-0.25, -0.2) is 0 Å². The third-order valence-electron chi connectivity index (χ3n) is 3.59. The van der Waals surface area contributed by atoms with Crippen LogP contribution in [-0.4, -0.2) is 30.4 Å². The van der Waals surface area contributed by atoms with Crippen LogP contribution in [0, 0.1) is 5.92 Å². The number of likely N-dealkylation sites (tertiary alicyclic amines) is 1. The summed E-state index contributed by atoms with van der Waals surface area (Å²) in [7, 11) is 0. The zero-order chi connectivity index (χ0) is 12.8. The molecule has 98 valence electrons. The molecule has 1 unspecified atom stereocenters. The van der Waals surface area contributed by atoms with Gasteiger partial charge in [-0.3, -0.25) is 4.79 Å². The van der Waals surface area contributed by atoms with Gasteiger partial charge in [0.15, 0.2) is 0 Å². The molecule has 0 spiro atoms. The zero-order valence-corrected chi connectivity index (χ0v) is 11.1. The Labute approximate surface area is 109 Å². The van der Waals surface area contributed by atoms with Gasteiger partial charge in [0.1, 0.15) is 0 Å². The van der Waals surface area contributed by atoms with Crippen molar-refractivity contribution in [3.05, 3.63) is 30.3 Å². The standard InChI is InChI=1S/C15H22N2O/c1-13-6-5-10-17(11-9-13)15(18)12-16-14-7-3-2-4-8-14/h2-4,7-8,13,16H,5-6,9-12H2,1H3. The van der Waals surface area contributed by atoms with E-state index in [-0.39, 0.29) is 5.91 Å². The van der Waals surface area contributed by atoms with E-state index in [1.54, 1.807) is 0 Å². The molecule has 0 bridgehead atoms. The predicted octanol–water partition coefficient (Wildman–Crippen LogP) is 2.75. The fourth-order valence-electron chi connectivity index (χ4n) is 2.36. The molecule has 1 fully saturated rings. The van der Waals surface area contributed by atoms with E-state index in [9.17, 15) is 4.79 Å². The minimum absolute atomic E-state index is 0.216. The van der Waals surface area contributed by atoms with Gasteiger partial charge in [0, 0.05) is 18.8 Å². The van der Waals surface area contributed by atoms with E-state index in [0.29, 0.717) is 6.54 Å². The number of amides is 1. The zero-order valence-electron chi connectivity index (χ0n) is 11.1. The molecule has 1 heterocycles. The van der Waals surface area contributed by atoms with Crippen LogP contribution >= 0.6 is 0 Å². The van der Waals surface area contributed by atoms with E-state index < -0.39 is 0 Å². The highest BCUT2D eigenvalue weighted by molar-refractivity contribution is 5.80. The highest BCUT2D eigenvalue weighted by Crippen LogP contribution is 2.16. The molecule has 1 aromatic carbocycles. The maximum atomic E-state index is 12.1. The van der Waals surface area contributed by atoms with Gasteiger partial charge in [-0.15, -0.1) is 0 Å². The lowest BCUT2D eigenvalue weighted by atomic mass is 10.0. The molecule has 1 aliphatic heterocycles. The molecule has 0 aliphatic carbocycles. The molecule has 1 atom stereocenters. The summed E-state index contributed by atoms with van der Waals surface area (Å²) in [6.07, 6.45) is 3.52. The van der Waals surface area contributed by atoms with Gasteiger partial charge in [0.2, 0.25) is 5.91 Å². The minimum atomic E-state index is 0.216. The number of hydrogen-bond acceptors (Lipinski definition) is 2. The van der Waals surface area contributed by atoms with Crippen molar-refractivity contribution in [2.45, 2.75) is 26.2 Å². The molecule has 0 radical (unpaired) electrons. The smallest absolute Gasteiger partial charge is 0.241 e. The second-order valence-corrected chi connectivity index (χ2v) is 5.14. The number of para-hydroxylation sites is 1. The van der Waals surface area contributed by atoms with Gasteiger partial charge >= 0.3 is 0 Å². The van der Waals surface area contributed by atoms with E-state index in [0.717, 1.165) is 37.5 Å². The van der Waals surface area contributed by atoms with E-state index in [1.807, 2.05) is 35.2 Å².